The Morgan fingerprint density at radius 3 is 2.76 bits per heavy atom. The molecule has 0 amide bonds. The highest BCUT2D eigenvalue weighted by Gasteiger charge is 1.98. The summed E-state index contributed by atoms with van der Waals surface area (Å²) < 4.78 is 5.18. The van der Waals surface area contributed by atoms with Gasteiger partial charge in [0, 0.05) is 16.8 Å². The smallest absolute Gasteiger partial charge is 0.119 e. The van der Waals surface area contributed by atoms with Gasteiger partial charge in [-0.05, 0) is 30.3 Å². The number of aromatic nitrogens is 1. The minimum atomic E-state index is 0. The summed E-state index contributed by atoms with van der Waals surface area (Å²) in [5.41, 5.74) is 1.09. The molecule has 1 heterocycles. The molecular formula is C13H14ClNOS. The molecule has 0 aliphatic carbocycles. The van der Waals surface area contributed by atoms with E-state index in [0.717, 1.165) is 17.2 Å². The molecule has 2 aromatic rings. The lowest BCUT2D eigenvalue weighted by molar-refractivity contribution is 0.413. The van der Waals surface area contributed by atoms with E-state index in [4.69, 9.17) is 4.74 Å². The fourth-order valence-corrected chi connectivity index (χ4v) is 2.19. The van der Waals surface area contributed by atoms with E-state index in [9.17, 15) is 0 Å². The highest BCUT2D eigenvalue weighted by Crippen LogP contribution is 2.25. The third kappa shape index (κ3) is 4.29. The lowest BCUT2D eigenvalue weighted by Crippen LogP contribution is -1.85. The molecule has 0 saturated carbocycles. The zero-order valence-electron chi connectivity index (χ0n) is 9.50. The van der Waals surface area contributed by atoms with Gasteiger partial charge < -0.3 is 4.74 Å². The van der Waals surface area contributed by atoms with Crippen molar-refractivity contribution in [3.8, 4) is 5.75 Å². The summed E-state index contributed by atoms with van der Waals surface area (Å²) >= 11 is 1.76. The summed E-state index contributed by atoms with van der Waals surface area (Å²) in [6.45, 7) is 0. The first kappa shape index (κ1) is 13.9. The Morgan fingerprint density at radius 1 is 1.18 bits per heavy atom. The fourth-order valence-electron chi connectivity index (χ4n) is 1.33. The van der Waals surface area contributed by atoms with Gasteiger partial charge in [0.15, 0.2) is 0 Å². The van der Waals surface area contributed by atoms with Crippen LogP contribution in [0.5, 0.6) is 5.75 Å². The zero-order valence-corrected chi connectivity index (χ0v) is 11.1. The molecule has 0 bridgehead atoms. The van der Waals surface area contributed by atoms with Crippen LogP contribution in [0, 0.1) is 0 Å². The predicted molar refractivity (Wildman–Crippen MR) is 74.0 cm³/mol. The van der Waals surface area contributed by atoms with Crippen LogP contribution in [-0.4, -0.2) is 12.1 Å². The van der Waals surface area contributed by atoms with Crippen LogP contribution in [0.15, 0.2) is 53.6 Å². The van der Waals surface area contributed by atoms with Crippen molar-refractivity contribution in [3.63, 3.8) is 0 Å². The van der Waals surface area contributed by atoms with Gasteiger partial charge in [0.2, 0.25) is 0 Å². The number of methoxy groups -OCH3 is 1. The first-order chi connectivity index (χ1) is 7.88. The van der Waals surface area contributed by atoms with Gasteiger partial charge >= 0.3 is 0 Å². The van der Waals surface area contributed by atoms with E-state index in [2.05, 4.69) is 11.1 Å². The van der Waals surface area contributed by atoms with E-state index in [1.807, 2.05) is 42.6 Å². The Balaban J connectivity index is 0.00000144. The number of hydrogen-bond acceptors (Lipinski definition) is 3. The van der Waals surface area contributed by atoms with Gasteiger partial charge in [-0.25, -0.2) is 0 Å². The number of halogens is 1. The summed E-state index contributed by atoms with van der Waals surface area (Å²) in [4.78, 5) is 5.48. The molecule has 0 atom stereocenters. The van der Waals surface area contributed by atoms with Crippen molar-refractivity contribution >= 4 is 24.2 Å². The van der Waals surface area contributed by atoms with E-state index in [0.29, 0.717) is 0 Å². The van der Waals surface area contributed by atoms with E-state index in [1.54, 1.807) is 18.9 Å². The normalized spacial score (nSPS) is 9.47. The van der Waals surface area contributed by atoms with Crippen LogP contribution in [0.25, 0.3) is 0 Å². The molecule has 2 nitrogen and oxygen atoms in total. The molecule has 0 fully saturated rings. The Morgan fingerprint density at radius 2 is 2.06 bits per heavy atom. The van der Waals surface area contributed by atoms with Gasteiger partial charge in [0.25, 0.3) is 0 Å². The van der Waals surface area contributed by atoms with Crippen molar-refractivity contribution in [1.29, 1.82) is 0 Å². The van der Waals surface area contributed by atoms with Gasteiger partial charge in [-0.3, -0.25) is 4.98 Å². The second-order valence-corrected chi connectivity index (χ2v) is 4.34. The second kappa shape index (κ2) is 7.20. The molecule has 0 N–H and O–H groups in total. The first-order valence-electron chi connectivity index (χ1n) is 5.05. The molecule has 2 rings (SSSR count). The third-order valence-corrected chi connectivity index (χ3v) is 3.18. The molecule has 0 aliphatic heterocycles. The Bertz CT molecular complexity index is 450. The van der Waals surface area contributed by atoms with Gasteiger partial charge in [-0.1, -0.05) is 12.1 Å². The quantitative estimate of drug-likeness (QED) is 0.787. The molecule has 0 saturated heterocycles. The maximum Gasteiger partial charge on any atom is 0.119 e. The molecule has 1 aromatic heterocycles. The van der Waals surface area contributed by atoms with Crippen molar-refractivity contribution in [2.75, 3.05) is 7.11 Å². The maximum absolute atomic E-state index is 5.18. The van der Waals surface area contributed by atoms with Gasteiger partial charge in [0.05, 0.1) is 12.8 Å². The standard InChI is InChI=1S/C13H13NOS.ClH/c1-15-12-6-4-7-13(9-12)16-10-11-5-2-3-8-14-11;/h2-9H,10H2,1H3;1H. The van der Waals surface area contributed by atoms with Crippen molar-refractivity contribution in [2.24, 2.45) is 0 Å². The minimum absolute atomic E-state index is 0. The van der Waals surface area contributed by atoms with Crippen LogP contribution >= 0.6 is 24.2 Å². The van der Waals surface area contributed by atoms with Crippen molar-refractivity contribution in [3.05, 3.63) is 54.4 Å². The van der Waals surface area contributed by atoms with Crippen molar-refractivity contribution < 1.29 is 4.74 Å². The number of nitrogens with zero attached hydrogens (tertiary/aromatic N) is 1. The summed E-state index contributed by atoms with van der Waals surface area (Å²) in [7, 11) is 1.68. The molecule has 17 heavy (non-hydrogen) atoms. The lowest BCUT2D eigenvalue weighted by Gasteiger charge is -2.03. The summed E-state index contributed by atoms with van der Waals surface area (Å²) in [5.74, 6) is 1.78. The van der Waals surface area contributed by atoms with Crippen LogP contribution in [0.1, 0.15) is 5.69 Å². The number of pyridine rings is 1. The number of benzene rings is 1. The predicted octanol–water partition coefficient (Wildman–Crippen LogP) is 3.80. The Labute approximate surface area is 112 Å². The summed E-state index contributed by atoms with van der Waals surface area (Å²) in [6, 6.07) is 14.0. The topological polar surface area (TPSA) is 22.1 Å². The van der Waals surface area contributed by atoms with Crippen LogP contribution in [0.4, 0.5) is 0 Å². The highest BCUT2D eigenvalue weighted by atomic mass is 35.5. The molecule has 0 unspecified atom stereocenters. The summed E-state index contributed by atoms with van der Waals surface area (Å²) in [6.07, 6.45) is 1.82. The number of ether oxygens (including phenoxy) is 1. The van der Waals surface area contributed by atoms with Crippen LogP contribution < -0.4 is 4.74 Å². The second-order valence-electron chi connectivity index (χ2n) is 3.29. The van der Waals surface area contributed by atoms with Crippen LogP contribution in [0.2, 0.25) is 0 Å². The number of thioether (sulfide) groups is 1. The SMILES string of the molecule is COc1cccc(SCc2ccccn2)c1.Cl. The average Bonchev–Trinajstić information content (AvgIpc) is 2.38. The summed E-state index contributed by atoms with van der Waals surface area (Å²) in [5, 5.41) is 0. The highest BCUT2D eigenvalue weighted by molar-refractivity contribution is 7.98. The van der Waals surface area contributed by atoms with E-state index < -0.39 is 0 Å². The average molecular weight is 268 g/mol. The van der Waals surface area contributed by atoms with Crippen molar-refractivity contribution in [1.82, 2.24) is 4.98 Å². The lowest BCUT2D eigenvalue weighted by atomic mass is 10.3. The number of rotatable bonds is 4. The van der Waals surface area contributed by atoms with Crippen LogP contribution in [0.3, 0.4) is 0 Å². The van der Waals surface area contributed by atoms with Gasteiger partial charge in [-0.15, -0.1) is 24.2 Å². The molecule has 90 valence electrons. The molecule has 0 aliphatic rings. The Kier molecular flexibility index (Phi) is 5.87. The third-order valence-electron chi connectivity index (χ3n) is 2.15. The molecule has 1 aromatic carbocycles. The van der Waals surface area contributed by atoms with E-state index >= 15 is 0 Å². The largest absolute Gasteiger partial charge is 0.497 e. The zero-order chi connectivity index (χ0) is 11.2. The first-order valence-corrected chi connectivity index (χ1v) is 6.04. The van der Waals surface area contributed by atoms with Gasteiger partial charge in [0.1, 0.15) is 5.75 Å². The Hall–Kier alpha value is -1.19. The van der Waals surface area contributed by atoms with Crippen LogP contribution in [-0.2, 0) is 5.75 Å². The van der Waals surface area contributed by atoms with E-state index in [-0.39, 0.29) is 12.4 Å². The monoisotopic (exact) mass is 267 g/mol. The van der Waals surface area contributed by atoms with Crippen molar-refractivity contribution in [2.45, 2.75) is 10.6 Å². The molecule has 0 spiro atoms. The minimum Gasteiger partial charge on any atom is -0.497 e. The molecule has 0 radical (unpaired) electrons. The number of hydrogen-bond donors (Lipinski definition) is 0. The molecule has 4 heteroatoms. The maximum atomic E-state index is 5.18. The van der Waals surface area contributed by atoms with E-state index in [1.165, 1.54) is 4.90 Å². The fraction of sp³-hybridized carbons (Fsp3) is 0.154. The van der Waals surface area contributed by atoms with Gasteiger partial charge in [-0.2, -0.15) is 0 Å². The molecular weight excluding hydrogens is 254 g/mol.